The van der Waals surface area contributed by atoms with Crippen LogP contribution in [0.2, 0.25) is 0 Å². The molecular formula is C20H22N2O4. The van der Waals surface area contributed by atoms with Crippen LogP contribution in [0.4, 0.5) is 11.4 Å². The van der Waals surface area contributed by atoms with Gasteiger partial charge in [0.2, 0.25) is 11.8 Å². The van der Waals surface area contributed by atoms with Gasteiger partial charge in [0.05, 0.1) is 12.0 Å². The van der Waals surface area contributed by atoms with Crippen molar-refractivity contribution in [1.29, 1.82) is 0 Å². The Labute approximate surface area is 152 Å². The van der Waals surface area contributed by atoms with Gasteiger partial charge in [-0.2, -0.15) is 0 Å². The molecule has 6 nitrogen and oxygen atoms in total. The van der Waals surface area contributed by atoms with E-state index in [9.17, 15) is 14.4 Å². The summed E-state index contributed by atoms with van der Waals surface area (Å²) >= 11 is 0. The standard InChI is InChI=1S/C20H22N2O4/c1-12(2)19(24)21-16-9-4-13(3)17(11-16)22-18(23)10-14-5-7-15(8-6-14)20(25)26/h4-9,11-12H,10H2,1-3H3,(H,21,24)(H,22,23)(H,25,26). The third kappa shape index (κ3) is 5.17. The van der Waals surface area contributed by atoms with Crippen LogP contribution in [0.1, 0.15) is 35.3 Å². The van der Waals surface area contributed by atoms with Gasteiger partial charge in [-0.15, -0.1) is 0 Å². The number of anilines is 2. The molecule has 0 aromatic heterocycles. The quantitative estimate of drug-likeness (QED) is 0.740. The number of nitrogens with one attached hydrogen (secondary N) is 2. The average Bonchev–Trinajstić information content (AvgIpc) is 2.58. The lowest BCUT2D eigenvalue weighted by Gasteiger charge is -2.13. The van der Waals surface area contributed by atoms with Crippen LogP contribution in [-0.4, -0.2) is 22.9 Å². The molecule has 3 N–H and O–H groups in total. The number of carbonyl (C=O) groups excluding carboxylic acids is 2. The zero-order chi connectivity index (χ0) is 19.3. The molecule has 0 aliphatic heterocycles. The number of carboxylic acid groups (broad SMARTS) is 1. The van der Waals surface area contributed by atoms with E-state index in [-0.39, 0.29) is 29.7 Å². The van der Waals surface area contributed by atoms with E-state index in [4.69, 9.17) is 5.11 Å². The molecule has 0 saturated heterocycles. The van der Waals surface area contributed by atoms with Crippen molar-refractivity contribution in [3.63, 3.8) is 0 Å². The Morgan fingerprint density at radius 1 is 1.00 bits per heavy atom. The van der Waals surface area contributed by atoms with Crippen LogP contribution in [0.15, 0.2) is 42.5 Å². The van der Waals surface area contributed by atoms with E-state index in [1.807, 2.05) is 26.8 Å². The molecule has 26 heavy (non-hydrogen) atoms. The van der Waals surface area contributed by atoms with Crippen molar-refractivity contribution >= 4 is 29.2 Å². The van der Waals surface area contributed by atoms with Gasteiger partial charge in [0.1, 0.15) is 0 Å². The van der Waals surface area contributed by atoms with Crippen molar-refractivity contribution in [3.05, 3.63) is 59.2 Å². The van der Waals surface area contributed by atoms with E-state index >= 15 is 0 Å². The van der Waals surface area contributed by atoms with Crippen molar-refractivity contribution in [2.75, 3.05) is 10.6 Å². The first kappa shape index (κ1) is 19.2. The summed E-state index contributed by atoms with van der Waals surface area (Å²) in [7, 11) is 0. The SMILES string of the molecule is Cc1ccc(NC(=O)C(C)C)cc1NC(=O)Cc1ccc(C(=O)O)cc1. The molecule has 0 aliphatic rings. The summed E-state index contributed by atoms with van der Waals surface area (Å²) in [5.41, 5.74) is 3.02. The number of benzene rings is 2. The van der Waals surface area contributed by atoms with Crippen LogP contribution < -0.4 is 10.6 Å². The Morgan fingerprint density at radius 3 is 2.23 bits per heavy atom. The van der Waals surface area contributed by atoms with E-state index < -0.39 is 5.97 Å². The lowest BCUT2D eigenvalue weighted by molar-refractivity contribution is -0.119. The van der Waals surface area contributed by atoms with Crippen LogP contribution in [0.5, 0.6) is 0 Å². The maximum atomic E-state index is 12.3. The molecule has 0 saturated carbocycles. The van der Waals surface area contributed by atoms with Crippen molar-refractivity contribution in [3.8, 4) is 0 Å². The number of aryl methyl sites for hydroxylation is 1. The molecule has 2 amide bonds. The summed E-state index contributed by atoms with van der Waals surface area (Å²) in [6, 6.07) is 11.5. The topological polar surface area (TPSA) is 95.5 Å². The fraction of sp³-hybridized carbons (Fsp3) is 0.250. The van der Waals surface area contributed by atoms with Gasteiger partial charge in [-0.25, -0.2) is 4.79 Å². The highest BCUT2D eigenvalue weighted by Crippen LogP contribution is 2.21. The smallest absolute Gasteiger partial charge is 0.335 e. The number of amides is 2. The van der Waals surface area contributed by atoms with Gasteiger partial charge in [-0.1, -0.05) is 32.0 Å². The van der Waals surface area contributed by atoms with Crippen molar-refractivity contribution in [2.45, 2.75) is 27.2 Å². The van der Waals surface area contributed by atoms with E-state index in [2.05, 4.69) is 10.6 Å². The van der Waals surface area contributed by atoms with Crippen LogP contribution >= 0.6 is 0 Å². The Hall–Kier alpha value is -3.15. The Morgan fingerprint density at radius 2 is 1.65 bits per heavy atom. The fourth-order valence-corrected chi connectivity index (χ4v) is 2.27. The summed E-state index contributed by atoms with van der Waals surface area (Å²) in [5.74, 6) is -1.45. The number of aromatic carboxylic acids is 1. The predicted octanol–water partition coefficient (Wildman–Crippen LogP) is 3.47. The Balaban J connectivity index is 2.05. The second kappa shape index (κ2) is 8.29. The second-order valence-corrected chi connectivity index (χ2v) is 6.40. The van der Waals surface area contributed by atoms with Crippen molar-refractivity contribution in [2.24, 2.45) is 5.92 Å². The number of carbonyl (C=O) groups is 3. The molecule has 6 heteroatoms. The normalized spacial score (nSPS) is 10.5. The Bertz CT molecular complexity index is 826. The highest BCUT2D eigenvalue weighted by atomic mass is 16.4. The predicted molar refractivity (Wildman–Crippen MR) is 100 cm³/mol. The molecular weight excluding hydrogens is 332 g/mol. The number of hydrogen-bond donors (Lipinski definition) is 3. The van der Waals surface area contributed by atoms with Crippen molar-refractivity contribution in [1.82, 2.24) is 0 Å². The molecule has 2 aromatic rings. The van der Waals surface area contributed by atoms with E-state index in [0.29, 0.717) is 11.4 Å². The minimum Gasteiger partial charge on any atom is -0.478 e. The average molecular weight is 354 g/mol. The highest BCUT2D eigenvalue weighted by molar-refractivity contribution is 5.96. The third-order valence-corrected chi connectivity index (χ3v) is 3.87. The molecule has 0 spiro atoms. The Kier molecular flexibility index (Phi) is 6.11. The number of rotatable bonds is 6. The first-order chi connectivity index (χ1) is 12.3. The molecule has 0 radical (unpaired) electrons. The van der Waals surface area contributed by atoms with Crippen LogP contribution in [0.25, 0.3) is 0 Å². The first-order valence-electron chi connectivity index (χ1n) is 8.30. The molecule has 136 valence electrons. The minimum atomic E-state index is -1.00. The van der Waals surface area contributed by atoms with Crippen LogP contribution in [-0.2, 0) is 16.0 Å². The maximum Gasteiger partial charge on any atom is 0.335 e. The molecule has 0 fully saturated rings. The van der Waals surface area contributed by atoms with Gasteiger partial charge in [0.25, 0.3) is 0 Å². The molecule has 2 rings (SSSR count). The molecule has 0 atom stereocenters. The van der Waals surface area contributed by atoms with Gasteiger partial charge in [0, 0.05) is 17.3 Å². The van der Waals surface area contributed by atoms with Gasteiger partial charge < -0.3 is 15.7 Å². The van der Waals surface area contributed by atoms with Crippen LogP contribution in [0, 0.1) is 12.8 Å². The van der Waals surface area contributed by atoms with Gasteiger partial charge in [-0.3, -0.25) is 9.59 Å². The van der Waals surface area contributed by atoms with Crippen LogP contribution in [0.3, 0.4) is 0 Å². The molecule has 0 unspecified atom stereocenters. The number of hydrogen-bond acceptors (Lipinski definition) is 3. The second-order valence-electron chi connectivity index (χ2n) is 6.40. The molecule has 0 aliphatic carbocycles. The summed E-state index contributed by atoms with van der Waals surface area (Å²) in [4.78, 5) is 34.9. The fourth-order valence-electron chi connectivity index (χ4n) is 2.27. The monoisotopic (exact) mass is 354 g/mol. The summed E-state index contributed by atoms with van der Waals surface area (Å²) in [6.45, 7) is 5.48. The zero-order valence-electron chi connectivity index (χ0n) is 15.0. The third-order valence-electron chi connectivity index (χ3n) is 3.87. The lowest BCUT2D eigenvalue weighted by Crippen LogP contribution is -2.18. The number of carboxylic acids is 1. The maximum absolute atomic E-state index is 12.3. The van der Waals surface area contributed by atoms with Gasteiger partial charge in [-0.05, 0) is 42.3 Å². The van der Waals surface area contributed by atoms with Crippen molar-refractivity contribution < 1.29 is 19.5 Å². The minimum absolute atomic E-state index is 0.0929. The zero-order valence-corrected chi connectivity index (χ0v) is 15.0. The van der Waals surface area contributed by atoms with E-state index in [0.717, 1.165) is 11.1 Å². The molecule has 2 aromatic carbocycles. The molecule has 0 heterocycles. The summed E-state index contributed by atoms with van der Waals surface area (Å²) in [5, 5.41) is 14.5. The van der Waals surface area contributed by atoms with E-state index in [1.165, 1.54) is 12.1 Å². The first-order valence-corrected chi connectivity index (χ1v) is 8.30. The largest absolute Gasteiger partial charge is 0.478 e. The summed E-state index contributed by atoms with van der Waals surface area (Å²) in [6.07, 6.45) is 0.127. The lowest BCUT2D eigenvalue weighted by atomic mass is 10.1. The van der Waals surface area contributed by atoms with Gasteiger partial charge in [0.15, 0.2) is 0 Å². The van der Waals surface area contributed by atoms with E-state index in [1.54, 1.807) is 24.3 Å². The van der Waals surface area contributed by atoms with Gasteiger partial charge >= 0.3 is 5.97 Å². The highest BCUT2D eigenvalue weighted by Gasteiger charge is 2.11. The summed E-state index contributed by atoms with van der Waals surface area (Å²) < 4.78 is 0. The molecule has 0 bridgehead atoms.